The lowest BCUT2D eigenvalue weighted by Gasteiger charge is -2.25. The summed E-state index contributed by atoms with van der Waals surface area (Å²) in [6.45, 7) is 2.65. The number of methoxy groups -OCH3 is 1. The molecule has 0 bridgehead atoms. The van der Waals surface area contributed by atoms with Crippen LogP contribution in [0.4, 0.5) is 5.69 Å². The van der Waals surface area contributed by atoms with Crippen molar-refractivity contribution in [2.24, 2.45) is 0 Å². The smallest absolute Gasteiger partial charge is 0.265 e. The summed E-state index contributed by atoms with van der Waals surface area (Å²) in [5.41, 5.74) is 1.20. The van der Waals surface area contributed by atoms with Crippen molar-refractivity contribution in [1.82, 2.24) is 0 Å². The Morgan fingerprint density at radius 1 is 1.03 bits per heavy atom. The van der Waals surface area contributed by atoms with Crippen LogP contribution in [0.3, 0.4) is 0 Å². The van der Waals surface area contributed by atoms with Crippen LogP contribution in [0, 0.1) is 0 Å². The van der Waals surface area contributed by atoms with Crippen molar-refractivity contribution in [3.8, 4) is 23.0 Å². The molecule has 3 aromatic rings. The minimum absolute atomic E-state index is 0.0772. The first kappa shape index (κ1) is 21.7. The second kappa shape index (κ2) is 9.74. The molecule has 8 heteroatoms. The van der Waals surface area contributed by atoms with Gasteiger partial charge in [0, 0.05) is 22.2 Å². The third-order valence-electron chi connectivity index (χ3n) is 4.95. The Balaban J connectivity index is 1.55. The van der Waals surface area contributed by atoms with Gasteiger partial charge in [-0.15, -0.1) is 11.3 Å². The lowest BCUT2D eigenvalue weighted by molar-refractivity contribution is -0.120. The molecule has 0 spiro atoms. The quantitative estimate of drug-likeness (QED) is 0.473. The molecule has 1 aliphatic rings. The number of nitrogens with zero attached hydrogens (tertiary/aromatic N) is 1. The first-order valence-electron chi connectivity index (χ1n) is 10.1. The molecule has 0 atom stereocenters. The first-order chi connectivity index (χ1) is 15.5. The van der Waals surface area contributed by atoms with Crippen molar-refractivity contribution >= 4 is 28.7 Å². The van der Waals surface area contributed by atoms with E-state index in [0.29, 0.717) is 54.0 Å². The van der Waals surface area contributed by atoms with Gasteiger partial charge in [-0.1, -0.05) is 6.07 Å². The summed E-state index contributed by atoms with van der Waals surface area (Å²) in [5, 5.41) is 1.97. The number of thiophene rings is 1. The fraction of sp³-hybridized carbons (Fsp3) is 0.250. The summed E-state index contributed by atoms with van der Waals surface area (Å²) in [6, 6.07) is 14.3. The normalized spacial score (nSPS) is 12.2. The van der Waals surface area contributed by atoms with Crippen LogP contribution in [0.25, 0.3) is 0 Å². The summed E-state index contributed by atoms with van der Waals surface area (Å²) in [6.07, 6.45) is 0. The van der Waals surface area contributed by atoms with Crippen molar-refractivity contribution in [2.45, 2.75) is 13.5 Å². The van der Waals surface area contributed by atoms with Crippen LogP contribution in [0.1, 0.15) is 22.2 Å². The Labute approximate surface area is 190 Å². The topological polar surface area (TPSA) is 74.3 Å². The molecule has 0 unspecified atom stereocenters. The molecule has 0 aliphatic carbocycles. The van der Waals surface area contributed by atoms with Gasteiger partial charge in [-0.3, -0.25) is 9.59 Å². The van der Waals surface area contributed by atoms with Gasteiger partial charge in [0.1, 0.15) is 13.2 Å². The molecular weight excluding hydrogens is 430 g/mol. The minimum atomic E-state index is -0.229. The zero-order chi connectivity index (χ0) is 22.5. The molecule has 0 saturated heterocycles. The number of ketones is 1. The van der Waals surface area contributed by atoms with Crippen LogP contribution in [0.2, 0.25) is 0 Å². The number of Topliss-reactive ketones (excluding diaryl/α,β-unsaturated/α-hetero) is 1. The van der Waals surface area contributed by atoms with E-state index in [2.05, 4.69) is 0 Å². The standard InChI is InChI=1S/C24H23NO6S/c1-16(26)17-5-7-20(22(12-17)28-2)31-15-24(27)25(14-19-4-3-11-32-19)18-6-8-21-23(13-18)30-10-9-29-21/h3-8,11-13H,9-10,14-15H2,1-2H3. The van der Waals surface area contributed by atoms with Gasteiger partial charge < -0.3 is 23.8 Å². The highest BCUT2D eigenvalue weighted by Crippen LogP contribution is 2.35. The van der Waals surface area contributed by atoms with Crippen molar-refractivity contribution in [2.75, 3.05) is 31.8 Å². The van der Waals surface area contributed by atoms with Gasteiger partial charge in [0.15, 0.2) is 35.4 Å². The number of hydrogen-bond acceptors (Lipinski definition) is 7. The van der Waals surface area contributed by atoms with E-state index < -0.39 is 0 Å². The first-order valence-corrected chi connectivity index (χ1v) is 11.0. The maximum absolute atomic E-state index is 13.2. The van der Waals surface area contributed by atoms with E-state index in [9.17, 15) is 9.59 Å². The summed E-state index contributed by atoms with van der Waals surface area (Å²) in [4.78, 5) is 27.5. The van der Waals surface area contributed by atoms with Crippen LogP contribution in [-0.4, -0.2) is 38.6 Å². The Hall–Kier alpha value is -3.52. The Morgan fingerprint density at radius 2 is 1.84 bits per heavy atom. The maximum atomic E-state index is 13.2. The largest absolute Gasteiger partial charge is 0.493 e. The molecule has 1 aromatic heterocycles. The summed E-state index contributed by atoms with van der Waals surface area (Å²) >= 11 is 1.57. The second-order valence-electron chi connectivity index (χ2n) is 7.10. The highest BCUT2D eigenvalue weighted by molar-refractivity contribution is 7.09. The molecule has 0 N–H and O–H groups in total. The lowest BCUT2D eigenvalue weighted by atomic mass is 10.1. The predicted octanol–water partition coefficient (Wildman–Crippen LogP) is 4.34. The van der Waals surface area contributed by atoms with E-state index in [1.165, 1.54) is 14.0 Å². The molecular formula is C24H23NO6S. The summed E-state index contributed by atoms with van der Waals surface area (Å²) in [5.74, 6) is 1.76. The minimum Gasteiger partial charge on any atom is -0.493 e. The molecule has 0 saturated carbocycles. The fourth-order valence-corrected chi connectivity index (χ4v) is 4.00. The lowest BCUT2D eigenvalue weighted by Crippen LogP contribution is -2.34. The predicted molar refractivity (Wildman–Crippen MR) is 121 cm³/mol. The van der Waals surface area contributed by atoms with E-state index in [1.807, 2.05) is 35.7 Å². The van der Waals surface area contributed by atoms with E-state index in [4.69, 9.17) is 18.9 Å². The highest BCUT2D eigenvalue weighted by Gasteiger charge is 2.21. The van der Waals surface area contributed by atoms with Crippen LogP contribution < -0.4 is 23.8 Å². The number of amides is 1. The van der Waals surface area contributed by atoms with Crippen LogP contribution >= 0.6 is 11.3 Å². The number of benzene rings is 2. The Kier molecular flexibility index (Phi) is 6.61. The molecule has 32 heavy (non-hydrogen) atoms. The van der Waals surface area contributed by atoms with Gasteiger partial charge in [-0.05, 0) is 48.7 Å². The van der Waals surface area contributed by atoms with Crippen LogP contribution in [-0.2, 0) is 11.3 Å². The van der Waals surface area contributed by atoms with E-state index in [0.717, 1.165) is 4.88 Å². The van der Waals surface area contributed by atoms with Crippen molar-refractivity contribution in [3.63, 3.8) is 0 Å². The van der Waals surface area contributed by atoms with Crippen molar-refractivity contribution in [1.29, 1.82) is 0 Å². The zero-order valence-electron chi connectivity index (χ0n) is 17.8. The van der Waals surface area contributed by atoms with E-state index >= 15 is 0 Å². The van der Waals surface area contributed by atoms with Crippen LogP contribution in [0.5, 0.6) is 23.0 Å². The molecule has 1 aliphatic heterocycles. The SMILES string of the molecule is COc1cc(C(C)=O)ccc1OCC(=O)N(Cc1cccs1)c1ccc2c(c1)OCCO2. The molecule has 1 amide bonds. The third-order valence-corrected chi connectivity index (χ3v) is 5.81. The average Bonchev–Trinajstić information content (AvgIpc) is 3.34. The third kappa shape index (κ3) is 4.86. The summed E-state index contributed by atoms with van der Waals surface area (Å²) in [7, 11) is 1.49. The molecule has 7 nitrogen and oxygen atoms in total. The van der Waals surface area contributed by atoms with Gasteiger partial charge >= 0.3 is 0 Å². The molecule has 0 fully saturated rings. The average molecular weight is 454 g/mol. The molecule has 2 heterocycles. The molecule has 4 rings (SSSR count). The van der Waals surface area contributed by atoms with Gasteiger partial charge in [-0.2, -0.15) is 0 Å². The number of rotatable bonds is 8. The van der Waals surface area contributed by atoms with Gasteiger partial charge in [0.2, 0.25) is 0 Å². The van der Waals surface area contributed by atoms with Crippen LogP contribution in [0.15, 0.2) is 53.9 Å². The second-order valence-corrected chi connectivity index (χ2v) is 8.13. The molecule has 166 valence electrons. The van der Waals surface area contributed by atoms with Gasteiger partial charge in [-0.25, -0.2) is 0 Å². The fourth-order valence-electron chi connectivity index (χ4n) is 3.30. The number of hydrogen-bond donors (Lipinski definition) is 0. The van der Waals surface area contributed by atoms with E-state index in [-0.39, 0.29) is 18.3 Å². The van der Waals surface area contributed by atoms with Crippen molar-refractivity contribution in [3.05, 3.63) is 64.4 Å². The summed E-state index contributed by atoms with van der Waals surface area (Å²) < 4.78 is 22.4. The highest BCUT2D eigenvalue weighted by atomic mass is 32.1. The van der Waals surface area contributed by atoms with Gasteiger partial charge in [0.25, 0.3) is 5.91 Å². The molecule has 0 radical (unpaired) electrons. The molecule has 2 aromatic carbocycles. The number of ether oxygens (including phenoxy) is 4. The van der Waals surface area contributed by atoms with Crippen molar-refractivity contribution < 1.29 is 28.5 Å². The monoisotopic (exact) mass is 453 g/mol. The number of carbonyl (C=O) groups is 2. The Morgan fingerprint density at radius 3 is 2.56 bits per heavy atom. The van der Waals surface area contributed by atoms with Gasteiger partial charge in [0.05, 0.1) is 13.7 Å². The number of carbonyl (C=O) groups excluding carboxylic acids is 2. The number of fused-ring (bicyclic) bond motifs is 1. The Bertz CT molecular complexity index is 1110. The number of anilines is 1. The maximum Gasteiger partial charge on any atom is 0.265 e. The zero-order valence-corrected chi connectivity index (χ0v) is 18.6. The van der Waals surface area contributed by atoms with E-state index in [1.54, 1.807) is 34.4 Å².